The van der Waals surface area contributed by atoms with E-state index in [1.165, 1.54) is 4.90 Å². The van der Waals surface area contributed by atoms with Gasteiger partial charge >= 0.3 is 5.97 Å². The number of carboxylic acids is 1. The maximum Gasteiger partial charge on any atom is 0.328 e. The quantitative estimate of drug-likeness (QED) is 0.916. The van der Waals surface area contributed by atoms with Gasteiger partial charge in [0.25, 0.3) is 0 Å². The van der Waals surface area contributed by atoms with Crippen molar-refractivity contribution >= 4 is 23.5 Å². The molecule has 0 aromatic heterocycles. The first-order chi connectivity index (χ1) is 9.59. The fraction of sp³-hybridized carbons (Fsp3) is 0.429. The second-order valence-electron chi connectivity index (χ2n) is 4.61. The molecule has 0 aliphatic carbocycles. The molecule has 1 aliphatic heterocycles. The lowest BCUT2D eigenvalue weighted by Crippen LogP contribution is -2.52. The molecule has 6 heteroatoms. The van der Waals surface area contributed by atoms with Crippen molar-refractivity contribution < 1.29 is 19.4 Å². The molecule has 1 N–H and O–H groups in total. The van der Waals surface area contributed by atoms with Crippen LogP contribution in [-0.2, 0) is 20.7 Å². The topological polar surface area (TPSA) is 66.8 Å². The van der Waals surface area contributed by atoms with Gasteiger partial charge in [-0.1, -0.05) is 29.8 Å². The van der Waals surface area contributed by atoms with Gasteiger partial charge in [0, 0.05) is 18.0 Å². The maximum absolute atomic E-state index is 12.2. The largest absolute Gasteiger partial charge is 0.480 e. The van der Waals surface area contributed by atoms with E-state index in [0.29, 0.717) is 24.6 Å². The van der Waals surface area contributed by atoms with Crippen molar-refractivity contribution in [2.24, 2.45) is 0 Å². The molecule has 5 nitrogen and oxygen atoms in total. The predicted octanol–water partition coefficient (Wildman–Crippen LogP) is 1.58. The SMILES string of the molecule is O=C(O)C1COCCN1C(=O)CCc1ccccc1Cl. The Kier molecular flexibility index (Phi) is 4.98. The number of rotatable bonds is 4. The van der Waals surface area contributed by atoms with Crippen LogP contribution < -0.4 is 0 Å². The lowest BCUT2D eigenvalue weighted by atomic mass is 10.1. The van der Waals surface area contributed by atoms with E-state index in [-0.39, 0.29) is 18.9 Å². The van der Waals surface area contributed by atoms with E-state index >= 15 is 0 Å². The van der Waals surface area contributed by atoms with Crippen molar-refractivity contribution in [3.63, 3.8) is 0 Å². The van der Waals surface area contributed by atoms with Gasteiger partial charge in [-0.2, -0.15) is 0 Å². The molecule has 0 spiro atoms. The highest BCUT2D eigenvalue weighted by Gasteiger charge is 2.32. The Hall–Kier alpha value is -1.59. The van der Waals surface area contributed by atoms with E-state index < -0.39 is 12.0 Å². The smallest absolute Gasteiger partial charge is 0.328 e. The molecule has 1 amide bonds. The number of nitrogens with zero attached hydrogens (tertiary/aromatic N) is 1. The van der Waals surface area contributed by atoms with Crippen LogP contribution in [-0.4, -0.2) is 47.7 Å². The summed E-state index contributed by atoms with van der Waals surface area (Å²) in [7, 11) is 0. The summed E-state index contributed by atoms with van der Waals surface area (Å²) in [6, 6.07) is 6.44. The van der Waals surface area contributed by atoms with Crippen molar-refractivity contribution in [3.05, 3.63) is 34.9 Å². The van der Waals surface area contributed by atoms with Crippen LogP contribution in [0.1, 0.15) is 12.0 Å². The molecule has 1 atom stereocenters. The molecule has 0 saturated carbocycles. The third-order valence-corrected chi connectivity index (χ3v) is 3.67. The zero-order chi connectivity index (χ0) is 14.5. The van der Waals surface area contributed by atoms with E-state index in [2.05, 4.69) is 0 Å². The second kappa shape index (κ2) is 6.72. The van der Waals surface area contributed by atoms with Gasteiger partial charge in [0.2, 0.25) is 5.91 Å². The Morgan fingerprint density at radius 3 is 2.85 bits per heavy atom. The summed E-state index contributed by atoms with van der Waals surface area (Å²) < 4.78 is 5.11. The van der Waals surface area contributed by atoms with Crippen molar-refractivity contribution in [2.45, 2.75) is 18.9 Å². The van der Waals surface area contributed by atoms with Gasteiger partial charge in [0.05, 0.1) is 13.2 Å². The van der Waals surface area contributed by atoms with Crippen molar-refractivity contribution in [2.75, 3.05) is 19.8 Å². The minimum absolute atomic E-state index is 0.0488. The Balaban J connectivity index is 1.97. The lowest BCUT2D eigenvalue weighted by Gasteiger charge is -2.32. The number of hydrogen-bond donors (Lipinski definition) is 1. The van der Waals surface area contributed by atoms with E-state index in [0.717, 1.165) is 5.56 Å². The number of aryl methyl sites for hydroxylation is 1. The standard InChI is InChI=1S/C14H16ClNO4/c15-11-4-2-1-3-10(11)5-6-13(17)16-7-8-20-9-12(16)14(18)19/h1-4,12H,5-9H2,(H,18,19). The van der Waals surface area contributed by atoms with Crippen LogP contribution >= 0.6 is 11.6 Å². The van der Waals surface area contributed by atoms with Crippen LogP contribution in [0.4, 0.5) is 0 Å². The number of ether oxygens (including phenoxy) is 1. The molecule has 108 valence electrons. The highest BCUT2D eigenvalue weighted by atomic mass is 35.5. The normalized spacial score (nSPS) is 18.9. The van der Waals surface area contributed by atoms with E-state index in [9.17, 15) is 9.59 Å². The minimum atomic E-state index is -1.03. The molecule has 2 rings (SSSR count). The Morgan fingerprint density at radius 2 is 2.15 bits per heavy atom. The molecular weight excluding hydrogens is 282 g/mol. The fourth-order valence-electron chi connectivity index (χ4n) is 2.19. The summed E-state index contributed by atoms with van der Waals surface area (Å²) in [5.74, 6) is -1.21. The number of carboxylic acid groups (broad SMARTS) is 1. The van der Waals surface area contributed by atoms with Gasteiger partial charge in [0.15, 0.2) is 6.04 Å². The summed E-state index contributed by atoms with van der Waals surface area (Å²) in [4.78, 5) is 24.6. The number of halogens is 1. The van der Waals surface area contributed by atoms with Crippen LogP contribution in [0.15, 0.2) is 24.3 Å². The molecule has 20 heavy (non-hydrogen) atoms. The van der Waals surface area contributed by atoms with Crippen molar-refractivity contribution in [1.82, 2.24) is 4.90 Å². The number of morpholine rings is 1. The Labute approximate surface area is 122 Å². The van der Waals surface area contributed by atoms with Gasteiger partial charge in [-0.3, -0.25) is 4.79 Å². The van der Waals surface area contributed by atoms with Crippen molar-refractivity contribution in [3.8, 4) is 0 Å². The summed E-state index contributed by atoms with van der Waals surface area (Å²) in [6.07, 6.45) is 0.746. The van der Waals surface area contributed by atoms with Crippen LogP contribution in [0.25, 0.3) is 0 Å². The van der Waals surface area contributed by atoms with Gasteiger partial charge in [-0.25, -0.2) is 4.79 Å². The number of aliphatic carboxylic acids is 1. The van der Waals surface area contributed by atoms with Gasteiger partial charge in [0.1, 0.15) is 0 Å². The maximum atomic E-state index is 12.2. The lowest BCUT2D eigenvalue weighted by molar-refractivity contribution is -0.158. The predicted molar refractivity (Wildman–Crippen MR) is 73.7 cm³/mol. The van der Waals surface area contributed by atoms with Gasteiger partial charge in [-0.05, 0) is 18.1 Å². The average Bonchev–Trinajstić information content (AvgIpc) is 2.46. The molecule has 1 heterocycles. The third-order valence-electron chi connectivity index (χ3n) is 3.30. The molecule has 0 radical (unpaired) electrons. The molecule has 0 bridgehead atoms. The van der Waals surface area contributed by atoms with Crippen molar-refractivity contribution in [1.29, 1.82) is 0 Å². The Morgan fingerprint density at radius 1 is 1.40 bits per heavy atom. The summed E-state index contributed by atoms with van der Waals surface area (Å²) in [6.45, 7) is 0.743. The molecule has 1 aromatic carbocycles. The molecule has 1 fully saturated rings. The first-order valence-corrected chi connectivity index (χ1v) is 6.81. The molecule has 1 aromatic rings. The van der Waals surface area contributed by atoms with E-state index in [1.807, 2.05) is 18.2 Å². The minimum Gasteiger partial charge on any atom is -0.480 e. The Bertz CT molecular complexity index is 506. The fourth-order valence-corrected chi connectivity index (χ4v) is 2.42. The molecule has 1 saturated heterocycles. The van der Waals surface area contributed by atoms with E-state index in [4.69, 9.17) is 21.4 Å². The number of carbonyl (C=O) groups excluding carboxylic acids is 1. The number of hydrogen-bond acceptors (Lipinski definition) is 3. The zero-order valence-corrected chi connectivity index (χ0v) is 11.7. The number of carbonyl (C=O) groups is 2. The highest BCUT2D eigenvalue weighted by Crippen LogP contribution is 2.18. The molecule has 1 aliphatic rings. The van der Waals surface area contributed by atoms with Gasteiger partial charge in [-0.15, -0.1) is 0 Å². The summed E-state index contributed by atoms with van der Waals surface area (Å²) in [5.41, 5.74) is 0.891. The summed E-state index contributed by atoms with van der Waals surface area (Å²) >= 11 is 6.03. The van der Waals surface area contributed by atoms with Crippen LogP contribution in [0.5, 0.6) is 0 Å². The van der Waals surface area contributed by atoms with Crippen LogP contribution in [0.3, 0.4) is 0 Å². The second-order valence-corrected chi connectivity index (χ2v) is 5.01. The first kappa shape index (κ1) is 14.8. The number of amides is 1. The average molecular weight is 298 g/mol. The van der Waals surface area contributed by atoms with E-state index in [1.54, 1.807) is 6.07 Å². The molecule has 1 unspecified atom stereocenters. The monoisotopic (exact) mass is 297 g/mol. The number of benzene rings is 1. The third kappa shape index (κ3) is 3.49. The van der Waals surface area contributed by atoms with Crippen LogP contribution in [0, 0.1) is 0 Å². The molecular formula is C14H16ClNO4. The van der Waals surface area contributed by atoms with Gasteiger partial charge < -0.3 is 14.7 Å². The van der Waals surface area contributed by atoms with Crippen LogP contribution in [0.2, 0.25) is 5.02 Å². The zero-order valence-electron chi connectivity index (χ0n) is 10.9. The first-order valence-electron chi connectivity index (χ1n) is 6.43. The highest BCUT2D eigenvalue weighted by molar-refractivity contribution is 6.31. The summed E-state index contributed by atoms with van der Waals surface area (Å²) in [5, 5.41) is 9.71.